The average Bonchev–Trinajstić information content (AvgIpc) is 2.50. The Hall–Kier alpha value is -1.19. The van der Waals surface area contributed by atoms with Gasteiger partial charge in [-0.2, -0.15) is 0 Å². The molecule has 0 aromatic heterocycles. The van der Waals surface area contributed by atoms with Gasteiger partial charge in [-0.05, 0) is 25.5 Å². The summed E-state index contributed by atoms with van der Waals surface area (Å²) in [6.07, 6.45) is 2.33. The number of rotatable bonds is 6. The van der Waals surface area contributed by atoms with Crippen molar-refractivity contribution in [1.82, 2.24) is 9.80 Å². The zero-order chi connectivity index (χ0) is 14.4. The van der Waals surface area contributed by atoms with E-state index in [2.05, 4.69) is 28.9 Å². The van der Waals surface area contributed by atoms with Crippen LogP contribution in [0.25, 0.3) is 0 Å². The Kier molecular flexibility index (Phi) is 5.32. The number of carbonyl (C=O) groups is 1. The fourth-order valence-electron chi connectivity index (χ4n) is 2.97. The summed E-state index contributed by atoms with van der Waals surface area (Å²) in [6, 6.07) is 10.1. The average molecular weight is 274 g/mol. The largest absolute Gasteiger partial charge is 0.302 e. The van der Waals surface area contributed by atoms with Crippen LogP contribution in [0.2, 0.25) is 0 Å². The first kappa shape index (κ1) is 15.2. The van der Waals surface area contributed by atoms with Gasteiger partial charge in [0.25, 0.3) is 0 Å². The van der Waals surface area contributed by atoms with Crippen molar-refractivity contribution in [3.8, 4) is 0 Å². The van der Waals surface area contributed by atoms with Crippen molar-refractivity contribution in [2.45, 2.75) is 25.7 Å². The first-order valence-electron chi connectivity index (χ1n) is 7.64. The molecule has 1 aliphatic rings. The maximum atomic E-state index is 11.6. The van der Waals surface area contributed by atoms with Crippen molar-refractivity contribution in [1.29, 1.82) is 0 Å². The van der Waals surface area contributed by atoms with Crippen molar-refractivity contribution in [2.75, 3.05) is 39.3 Å². The van der Waals surface area contributed by atoms with Crippen molar-refractivity contribution in [3.63, 3.8) is 0 Å². The van der Waals surface area contributed by atoms with Crippen molar-refractivity contribution < 1.29 is 4.79 Å². The normalized spacial score (nSPS) is 20.5. The van der Waals surface area contributed by atoms with Gasteiger partial charge in [0.2, 0.25) is 0 Å². The highest BCUT2D eigenvalue weighted by Crippen LogP contribution is 2.23. The minimum absolute atomic E-state index is 0.395. The van der Waals surface area contributed by atoms with Crippen molar-refractivity contribution in [3.05, 3.63) is 35.9 Å². The lowest BCUT2D eigenvalue weighted by atomic mass is 9.83. The second-order valence-corrected chi connectivity index (χ2v) is 6.02. The van der Waals surface area contributed by atoms with Crippen LogP contribution in [-0.4, -0.2) is 55.4 Å². The fraction of sp³-hybridized carbons (Fsp3) is 0.588. The third kappa shape index (κ3) is 3.68. The van der Waals surface area contributed by atoms with Crippen LogP contribution in [0, 0.1) is 0 Å². The van der Waals surface area contributed by atoms with E-state index in [1.807, 2.05) is 25.1 Å². The molecule has 1 aromatic carbocycles. The lowest BCUT2D eigenvalue weighted by molar-refractivity contribution is -0.113. The SMILES string of the molecule is CCCN1CCN(CC(C)(C=O)c2ccccc2)CC1. The van der Waals surface area contributed by atoms with Gasteiger partial charge >= 0.3 is 0 Å². The quantitative estimate of drug-likeness (QED) is 0.743. The van der Waals surface area contributed by atoms with Crippen LogP contribution in [0.1, 0.15) is 25.8 Å². The molecule has 1 heterocycles. The zero-order valence-electron chi connectivity index (χ0n) is 12.7. The Morgan fingerprint density at radius 1 is 1.10 bits per heavy atom. The molecule has 0 amide bonds. The molecule has 0 saturated carbocycles. The van der Waals surface area contributed by atoms with E-state index in [9.17, 15) is 4.79 Å². The Bertz CT molecular complexity index is 412. The van der Waals surface area contributed by atoms with Gasteiger partial charge in [0.05, 0.1) is 5.41 Å². The second kappa shape index (κ2) is 7.00. The monoisotopic (exact) mass is 274 g/mol. The van der Waals surface area contributed by atoms with E-state index in [0.29, 0.717) is 0 Å². The summed E-state index contributed by atoms with van der Waals surface area (Å²) in [5.41, 5.74) is 0.722. The molecule has 0 bridgehead atoms. The maximum Gasteiger partial charge on any atom is 0.131 e. The van der Waals surface area contributed by atoms with Gasteiger partial charge in [0, 0.05) is 32.7 Å². The van der Waals surface area contributed by atoms with E-state index in [1.165, 1.54) is 13.0 Å². The van der Waals surface area contributed by atoms with Crippen LogP contribution >= 0.6 is 0 Å². The molecule has 1 atom stereocenters. The number of aldehydes is 1. The van der Waals surface area contributed by atoms with Crippen molar-refractivity contribution >= 4 is 6.29 Å². The standard InChI is InChI=1S/C17H26N2O/c1-3-9-18-10-12-19(13-11-18)14-17(2,15-20)16-7-5-4-6-8-16/h4-8,15H,3,9-14H2,1-2H3. The molecule has 1 aliphatic heterocycles. The van der Waals surface area contributed by atoms with Crippen LogP contribution in [0.3, 0.4) is 0 Å². The summed E-state index contributed by atoms with van der Waals surface area (Å²) in [6.45, 7) is 10.7. The maximum absolute atomic E-state index is 11.6. The van der Waals surface area contributed by atoms with Crippen LogP contribution in [-0.2, 0) is 10.2 Å². The van der Waals surface area contributed by atoms with E-state index < -0.39 is 5.41 Å². The molecule has 2 rings (SSSR count). The summed E-state index contributed by atoms with van der Waals surface area (Å²) in [5.74, 6) is 0. The first-order chi connectivity index (χ1) is 9.68. The molecule has 3 heteroatoms. The molecule has 110 valence electrons. The predicted molar refractivity (Wildman–Crippen MR) is 83.0 cm³/mol. The molecule has 0 spiro atoms. The van der Waals surface area contributed by atoms with Gasteiger partial charge in [-0.25, -0.2) is 0 Å². The van der Waals surface area contributed by atoms with Gasteiger partial charge in [-0.15, -0.1) is 0 Å². The van der Waals surface area contributed by atoms with Crippen LogP contribution in [0.5, 0.6) is 0 Å². The van der Waals surface area contributed by atoms with E-state index in [1.54, 1.807) is 0 Å². The van der Waals surface area contributed by atoms with Crippen molar-refractivity contribution in [2.24, 2.45) is 0 Å². The molecule has 20 heavy (non-hydrogen) atoms. The summed E-state index contributed by atoms with van der Waals surface area (Å²) in [5, 5.41) is 0. The number of hydrogen-bond donors (Lipinski definition) is 0. The van der Waals surface area contributed by atoms with Gasteiger partial charge in [-0.3, -0.25) is 4.90 Å². The number of benzene rings is 1. The third-order valence-electron chi connectivity index (χ3n) is 4.25. The summed E-state index contributed by atoms with van der Waals surface area (Å²) >= 11 is 0. The minimum atomic E-state index is -0.395. The molecule has 1 unspecified atom stereocenters. The summed E-state index contributed by atoms with van der Waals surface area (Å²) in [7, 11) is 0. The van der Waals surface area contributed by atoms with Gasteiger partial charge in [0.1, 0.15) is 6.29 Å². The molecule has 1 fully saturated rings. The first-order valence-corrected chi connectivity index (χ1v) is 7.64. The van der Waals surface area contributed by atoms with Crippen LogP contribution in [0.4, 0.5) is 0 Å². The third-order valence-corrected chi connectivity index (χ3v) is 4.25. The Labute approximate surface area is 122 Å². The van der Waals surface area contributed by atoms with E-state index in [-0.39, 0.29) is 0 Å². The summed E-state index contributed by atoms with van der Waals surface area (Å²) < 4.78 is 0. The fourth-order valence-corrected chi connectivity index (χ4v) is 2.97. The highest BCUT2D eigenvalue weighted by Gasteiger charge is 2.30. The highest BCUT2D eigenvalue weighted by atomic mass is 16.1. The molecule has 0 aliphatic carbocycles. The van der Waals surface area contributed by atoms with Gasteiger partial charge < -0.3 is 9.69 Å². The van der Waals surface area contributed by atoms with E-state index in [4.69, 9.17) is 0 Å². The molecule has 3 nitrogen and oxygen atoms in total. The second-order valence-electron chi connectivity index (χ2n) is 6.02. The Balaban J connectivity index is 1.96. The molecular weight excluding hydrogens is 248 g/mol. The molecular formula is C17H26N2O. The smallest absolute Gasteiger partial charge is 0.131 e. The molecule has 1 saturated heterocycles. The van der Waals surface area contributed by atoms with Gasteiger partial charge in [0.15, 0.2) is 0 Å². The topological polar surface area (TPSA) is 23.6 Å². The number of nitrogens with zero attached hydrogens (tertiary/aromatic N) is 2. The van der Waals surface area contributed by atoms with Gasteiger partial charge in [-0.1, -0.05) is 37.3 Å². The van der Waals surface area contributed by atoms with Crippen LogP contribution in [0.15, 0.2) is 30.3 Å². The Morgan fingerprint density at radius 2 is 1.70 bits per heavy atom. The number of carbonyl (C=O) groups excluding carboxylic acids is 1. The molecule has 0 radical (unpaired) electrons. The van der Waals surface area contributed by atoms with E-state index >= 15 is 0 Å². The summed E-state index contributed by atoms with van der Waals surface area (Å²) in [4.78, 5) is 16.6. The molecule has 1 aromatic rings. The Morgan fingerprint density at radius 3 is 2.25 bits per heavy atom. The van der Waals surface area contributed by atoms with E-state index in [0.717, 1.165) is 44.6 Å². The molecule has 0 N–H and O–H groups in total. The lowest BCUT2D eigenvalue weighted by Crippen LogP contribution is -2.50. The predicted octanol–water partition coefficient (Wildman–Crippen LogP) is 2.17. The lowest BCUT2D eigenvalue weighted by Gasteiger charge is -2.38. The van der Waals surface area contributed by atoms with Crippen LogP contribution < -0.4 is 0 Å². The minimum Gasteiger partial charge on any atom is -0.302 e. The number of piperazine rings is 1. The zero-order valence-corrected chi connectivity index (χ0v) is 12.7. The number of hydrogen-bond acceptors (Lipinski definition) is 3. The highest BCUT2D eigenvalue weighted by molar-refractivity contribution is 5.68.